The second-order valence-corrected chi connectivity index (χ2v) is 5.54. The summed E-state index contributed by atoms with van der Waals surface area (Å²) in [6.45, 7) is 2.07. The summed E-state index contributed by atoms with van der Waals surface area (Å²) in [4.78, 5) is 1.37. The van der Waals surface area contributed by atoms with Crippen LogP contribution >= 0.6 is 11.8 Å². The molecule has 0 unspecified atom stereocenters. The lowest BCUT2D eigenvalue weighted by Crippen LogP contribution is -2.18. The zero-order valence-corrected chi connectivity index (χ0v) is 12.6. The van der Waals surface area contributed by atoms with Crippen LogP contribution in [0.5, 0.6) is 0 Å². The van der Waals surface area contributed by atoms with Crippen molar-refractivity contribution in [1.29, 1.82) is 0 Å². The van der Waals surface area contributed by atoms with Crippen molar-refractivity contribution in [1.82, 2.24) is 5.32 Å². The Morgan fingerprint density at radius 2 is 1.90 bits per heavy atom. The normalized spacial score (nSPS) is 10.8. The highest BCUT2D eigenvalue weighted by atomic mass is 32.2. The van der Waals surface area contributed by atoms with Crippen LogP contribution in [0.1, 0.15) is 5.56 Å². The van der Waals surface area contributed by atoms with E-state index in [2.05, 4.69) is 5.32 Å². The van der Waals surface area contributed by atoms with Crippen LogP contribution in [0, 0.1) is 11.6 Å². The summed E-state index contributed by atoms with van der Waals surface area (Å²) in [6.07, 6.45) is 0. The maximum absolute atomic E-state index is 13.7. The highest BCUT2D eigenvalue weighted by Gasteiger charge is 2.08. The summed E-state index contributed by atoms with van der Waals surface area (Å²) < 4.78 is 31.6. The van der Waals surface area contributed by atoms with Crippen molar-refractivity contribution in [3.05, 3.63) is 59.7 Å². The minimum atomic E-state index is -0.564. The number of hydrogen-bond acceptors (Lipinski definition) is 3. The SMILES string of the molecule is COCCNCc1ccccc1Sc1ccc(F)cc1F. The Labute approximate surface area is 127 Å². The molecule has 0 aliphatic heterocycles. The van der Waals surface area contributed by atoms with Crippen molar-refractivity contribution in [3.8, 4) is 0 Å². The van der Waals surface area contributed by atoms with Gasteiger partial charge in [-0.25, -0.2) is 8.78 Å². The van der Waals surface area contributed by atoms with Crippen molar-refractivity contribution in [3.63, 3.8) is 0 Å². The molecule has 0 saturated heterocycles. The third-order valence-corrected chi connectivity index (χ3v) is 4.05. The number of ether oxygens (including phenoxy) is 1. The van der Waals surface area contributed by atoms with E-state index in [1.165, 1.54) is 23.9 Å². The lowest BCUT2D eigenvalue weighted by Gasteiger charge is -2.10. The average molecular weight is 309 g/mol. The number of hydrogen-bond donors (Lipinski definition) is 1. The second kappa shape index (κ2) is 8.12. The van der Waals surface area contributed by atoms with Crippen molar-refractivity contribution in [2.75, 3.05) is 20.3 Å². The van der Waals surface area contributed by atoms with Gasteiger partial charge >= 0.3 is 0 Å². The van der Waals surface area contributed by atoms with Gasteiger partial charge in [0.25, 0.3) is 0 Å². The molecule has 0 atom stereocenters. The van der Waals surface area contributed by atoms with Crippen LogP contribution < -0.4 is 5.32 Å². The molecule has 2 aromatic rings. The Bertz CT molecular complexity index is 592. The Kier molecular flexibility index (Phi) is 6.17. The minimum absolute atomic E-state index is 0.417. The Balaban J connectivity index is 2.08. The van der Waals surface area contributed by atoms with E-state index in [0.717, 1.165) is 23.1 Å². The fourth-order valence-corrected chi connectivity index (χ4v) is 2.77. The van der Waals surface area contributed by atoms with Gasteiger partial charge in [-0.15, -0.1) is 0 Å². The predicted molar refractivity (Wildman–Crippen MR) is 80.5 cm³/mol. The van der Waals surface area contributed by atoms with Gasteiger partial charge in [0.1, 0.15) is 11.6 Å². The summed E-state index contributed by atoms with van der Waals surface area (Å²) >= 11 is 1.30. The smallest absolute Gasteiger partial charge is 0.140 e. The van der Waals surface area contributed by atoms with Crippen LogP contribution in [0.15, 0.2) is 52.3 Å². The molecule has 0 aliphatic rings. The molecule has 0 saturated carbocycles. The number of rotatable bonds is 7. The van der Waals surface area contributed by atoms with Gasteiger partial charge < -0.3 is 10.1 Å². The molecular weight excluding hydrogens is 292 g/mol. The molecule has 112 valence electrons. The molecule has 2 rings (SSSR count). The first kappa shape index (κ1) is 15.9. The van der Waals surface area contributed by atoms with Gasteiger partial charge in [0, 0.05) is 36.1 Å². The maximum atomic E-state index is 13.7. The molecule has 1 N–H and O–H groups in total. The van der Waals surface area contributed by atoms with E-state index in [0.29, 0.717) is 18.0 Å². The Morgan fingerprint density at radius 3 is 2.67 bits per heavy atom. The van der Waals surface area contributed by atoms with Crippen molar-refractivity contribution in [2.45, 2.75) is 16.3 Å². The molecule has 21 heavy (non-hydrogen) atoms. The molecule has 0 heterocycles. The molecule has 0 bridgehead atoms. The van der Waals surface area contributed by atoms with E-state index in [1.54, 1.807) is 7.11 Å². The van der Waals surface area contributed by atoms with E-state index in [1.807, 2.05) is 24.3 Å². The van der Waals surface area contributed by atoms with Gasteiger partial charge in [-0.2, -0.15) is 0 Å². The lowest BCUT2D eigenvalue weighted by molar-refractivity contribution is 0.199. The van der Waals surface area contributed by atoms with Crippen LogP contribution in [0.3, 0.4) is 0 Å². The van der Waals surface area contributed by atoms with Crippen LogP contribution in [0.25, 0.3) is 0 Å². The highest BCUT2D eigenvalue weighted by Crippen LogP contribution is 2.32. The standard InChI is InChI=1S/C16H17F2NOS/c1-20-9-8-19-11-12-4-2-3-5-15(12)21-16-7-6-13(17)10-14(16)18/h2-7,10,19H,8-9,11H2,1H3. The molecule has 0 radical (unpaired) electrons. The molecule has 0 aliphatic carbocycles. The van der Waals surface area contributed by atoms with Crippen LogP contribution in [0.2, 0.25) is 0 Å². The lowest BCUT2D eigenvalue weighted by atomic mass is 10.2. The molecule has 0 amide bonds. The summed E-state index contributed by atoms with van der Waals surface area (Å²) in [5.41, 5.74) is 1.07. The van der Waals surface area contributed by atoms with Crippen LogP contribution in [-0.2, 0) is 11.3 Å². The average Bonchev–Trinajstić information content (AvgIpc) is 2.48. The van der Waals surface area contributed by atoms with E-state index in [9.17, 15) is 8.78 Å². The number of nitrogens with one attached hydrogen (secondary N) is 1. The number of methoxy groups -OCH3 is 1. The molecule has 2 aromatic carbocycles. The van der Waals surface area contributed by atoms with Gasteiger partial charge in [-0.05, 0) is 23.8 Å². The summed E-state index contributed by atoms with van der Waals surface area (Å²) in [5, 5.41) is 3.26. The molecule has 0 aromatic heterocycles. The second-order valence-electron chi connectivity index (χ2n) is 4.45. The first-order valence-electron chi connectivity index (χ1n) is 6.61. The van der Waals surface area contributed by atoms with Gasteiger partial charge in [0.2, 0.25) is 0 Å². The summed E-state index contributed by atoms with van der Waals surface area (Å²) in [7, 11) is 1.66. The zero-order chi connectivity index (χ0) is 15.1. The molecular formula is C16H17F2NOS. The van der Waals surface area contributed by atoms with Gasteiger partial charge in [-0.3, -0.25) is 0 Å². The van der Waals surface area contributed by atoms with Crippen molar-refractivity contribution >= 4 is 11.8 Å². The monoisotopic (exact) mass is 309 g/mol. The molecule has 0 fully saturated rings. The largest absolute Gasteiger partial charge is 0.383 e. The highest BCUT2D eigenvalue weighted by molar-refractivity contribution is 7.99. The third-order valence-electron chi connectivity index (χ3n) is 2.88. The quantitative estimate of drug-likeness (QED) is 0.785. The third kappa shape index (κ3) is 4.81. The molecule has 0 spiro atoms. The Morgan fingerprint density at radius 1 is 1.10 bits per heavy atom. The maximum Gasteiger partial charge on any atom is 0.140 e. The molecule has 5 heteroatoms. The first-order valence-corrected chi connectivity index (χ1v) is 7.43. The van der Waals surface area contributed by atoms with Crippen LogP contribution in [0.4, 0.5) is 8.78 Å². The Hall–Kier alpha value is -1.43. The fourth-order valence-electron chi connectivity index (χ4n) is 1.82. The van der Waals surface area contributed by atoms with Gasteiger partial charge in [0.05, 0.1) is 6.61 Å². The zero-order valence-electron chi connectivity index (χ0n) is 11.7. The van der Waals surface area contributed by atoms with Crippen molar-refractivity contribution in [2.24, 2.45) is 0 Å². The van der Waals surface area contributed by atoms with Gasteiger partial charge in [0.15, 0.2) is 0 Å². The van der Waals surface area contributed by atoms with Gasteiger partial charge in [-0.1, -0.05) is 30.0 Å². The van der Waals surface area contributed by atoms with Crippen molar-refractivity contribution < 1.29 is 13.5 Å². The fraction of sp³-hybridized carbons (Fsp3) is 0.250. The minimum Gasteiger partial charge on any atom is -0.383 e. The van der Waals surface area contributed by atoms with E-state index >= 15 is 0 Å². The number of halogens is 2. The first-order chi connectivity index (χ1) is 10.2. The number of benzene rings is 2. The topological polar surface area (TPSA) is 21.3 Å². The summed E-state index contributed by atoms with van der Waals surface area (Å²) in [5.74, 6) is -1.10. The molecule has 2 nitrogen and oxygen atoms in total. The van der Waals surface area contributed by atoms with E-state index in [4.69, 9.17) is 4.74 Å². The van der Waals surface area contributed by atoms with E-state index in [-0.39, 0.29) is 0 Å². The predicted octanol–water partition coefficient (Wildman–Crippen LogP) is 3.85. The van der Waals surface area contributed by atoms with E-state index < -0.39 is 11.6 Å². The summed E-state index contributed by atoms with van der Waals surface area (Å²) in [6, 6.07) is 11.4. The van der Waals surface area contributed by atoms with Crippen LogP contribution in [-0.4, -0.2) is 20.3 Å².